The fraction of sp³-hybridized carbons (Fsp3) is 0.275. The van der Waals surface area contributed by atoms with Crippen LogP contribution in [0.5, 0.6) is 17.2 Å². The summed E-state index contributed by atoms with van der Waals surface area (Å²) >= 11 is 0. The molecule has 6 N–H and O–H groups in total. The van der Waals surface area contributed by atoms with E-state index >= 15 is 0 Å². The number of phenols is 1. The molecule has 0 aromatic heterocycles. The van der Waals surface area contributed by atoms with Crippen LogP contribution >= 0.6 is 0 Å². The minimum Gasteiger partial charge on any atom is -0.507 e. The van der Waals surface area contributed by atoms with Gasteiger partial charge in [0.05, 0.1) is 18.3 Å². The van der Waals surface area contributed by atoms with Crippen LogP contribution in [-0.2, 0) is 29.0 Å². The summed E-state index contributed by atoms with van der Waals surface area (Å²) in [5.74, 6) is -2.75. The van der Waals surface area contributed by atoms with Gasteiger partial charge in [-0.3, -0.25) is 14.4 Å². The zero-order chi connectivity index (χ0) is 37.3. The number of aromatic hydroxyl groups is 1. The molecule has 1 aliphatic heterocycles. The van der Waals surface area contributed by atoms with Gasteiger partial charge < -0.3 is 44.8 Å². The number of aliphatic hydroxyl groups excluding tert-OH is 5. The van der Waals surface area contributed by atoms with Crippen molar-refractivity contribution in [3.8, 4) is 17.2 Å². The third kappa shape index (κ3) is 7.13. The number of aliphatic hydroxyl groups is 5. The third-order valence-corrected chi connectivity index (χ3v) is 9.17. The number of phenolic OH excluding ortho intramolecular Hbond substituents is 1. The Balaban J connectivity index is 1.50. The summed E-state index contributed by atoms with van der Waals surface area (Å²) in [5.41, 5.74) is 2.29. The molecule has 0 spiro atoms. The quantitative estimate of drug-likeness (QED) is 0.0704. The van der Waals surface area contributed by atoms with Crippen LogP contribution in [0.2, 0.25) is 0 Å². The molecular weight excluding hydrogens is 672 g/mol. The number of esters is 1. The Morgan fingerprint density at radius 2 is 1.52 bits per heavy atom. The number of rotatable bonds is 10. The first-order valence-corrected chi connectivity index (χ1v) is 16.7. The van der Waals surface area contributed by atoms with Crippen molar-refractivity contribution in [2.45, 2.75) is 64.0 Å². The van der Waals surface area contributed by atoms with Crippen molar-refractivity contribution in [3.05, 3.63) is 122 Å². The average molecular weight is 711 g/mol. The van der Waals surface area contributed by atoms with Gasteiger partial charge in [-0.15, -0.1) is 0 Å². The molecule has 12 heteroatoms. The molecule has 2 aliphatic rings. The van der Waals surface area contributed by atoms with Crippen molar-refractivity contribution in [2.24, 2.45) is 0 Å². The number of hydrogen-bond acceptors (Lipinski definition) is 12. The van der Waals surface area contributed by atoms with Crippen LogP contribution in [0.3, 0.4) is 0 Å². The predicted molar refractivity (Wildman–Crippen MR) is 187 cm³/mol. The fourth-order valence-corrected chi connectivity index (χ4v) is 6.52. The molecule has 0 amide bonds. The number of fused-ring (bicyclic) bond motifs is 2. The lowest BCUT2D eigenvalue weighted by atomic mass is 9.79. The van der Waals surface area contributed by atoms with E-state index in [9.17, 15) is 45.0 Å². The highest BCUT2D eigenvalue weighted by Crippen LogP contribution is 2.44. The number of ketones is 2. The maximum Gasteiger partial charge on any atom is 0.308 e. The molecule has 0 radical (unpaired) electrons. The first kappa shape index (κ1) is 36.6. The molecule has 1 saturated heterocycles. The minimum atomic E-state index is -1.73. The van der Waals surface area contributed by atoms with Crippen LogP contribution in [-0.4, -0.2) is 85.5 Å². The maximum absolute atomic E-state index is 14.5. The number of carbonyl (C=O) groups is 3. The summed E-state index contributed by atoms with van der Waals surface area (Å²) in [4.78, 5) is 40.9. The molecule has 1 heterocycles. The van der Waals surface area contributed by atoms with E-state index in [2.05, 4.69) is 0 Å². The van der Waals surface area contributed by atoms with E-state index in [1.807, 2.05) is 12.1 Å². The Bertz CT molecular complexity index is 2070. The molecule has 4 aromatic rings. The summed E-state index contributed by atoms with van der Waals surface area (Å²) < 4.78 is 17.2. The van der Waals surface area contributed by atoms with Crippen LogP contribution in [0, 0.1) is 0 Å². The molecule has 5 atom stereocenters. The van der Waals surface area contributed by atoms with Gasteiger partial charge in [-0.05, 0) is 59.9 Å². The number of hydrogen-bond donors (Lipinski definition) is 6. The number of carbonyl (C=O) groups excluding carboxylic acids is 3. The van der Waals surface area contributed by atoms with Gasteiger partial charge in [-0.1, -0.05) is 54.6 Å². The second kappa shape index (κ2) is 15.2. The maximum atomic E-state index is 14.5. The van der Waals surface area contributed by atoms with Crippen molar-refractivity contribution in [2.75, 3.05) is 6.61 Å². The van der Waals surface area contributed by atoms with Gasteiger partial charge in [-0.25, -0.2) is 0 Å². The van der Waals surface area contributed by atoms with Crippen molar-refractivity contribution in [3.63, 3.8) is 0 Å². The first-order chi connectivity index (χ1) is 24.9. The van der Waals surface area contributed by atoms with Crippen LogP contribution < -0.4 is 9.47 Å². The zero-order valence-corrected chi connectivity index (χ0v) is 28.4. The van der Waals surface area contributed by atoms with E-state index < -0.39 is 54.0 Å². The van der Waals surface area contributed by atoms with Gasteiger partial charge >= 0.3 is 5.97 Å². The normalized spacial score (nSPS) is 21.2. The SMILES string of the molecule is CC(=O)Oc1ccc2c(c1/C=C/c1cccc(CCO)c1)C(=O)c1cc(O[C@H]3O[C@@H](C)[C@@H](O)[C@@H](O)[C@H]3O)c(Cc3cccc(CO)c3)c(O)c1C2=O. The summed E-state index contributed by atoms with van der Waals surface area (Å²) in [6.45, 7) is 2.37. The Morgan fingerprint density at radius 3 is 2.25 bits per heavy atom. The monoisotopic (exact) mass is 710 g/mol. The third-order valence-electron chi connectivity index (χ3n) is 9.17. The second-order valence-electron chi connectivity index (χ2n) is 12.8. The molecule has 270 valence electrons. The molecule has 52 heavy (non-hydrogen) atoms. The number of benzene rings is 4. The van der Waals surface area contributed by atoms with Crippen LogP contribution in [0.4, 0.5) is 0 Å². The van der Waals surface area contributed by atoms with Crippen LogP contribution in [0.1, 0.15) is 79.1 Å². The van der Waals surface area contributed by atoms with E-state index in [1.54, 1.807) is 48.6 Å². The Hall–Kier alpha value is -5.21. The summed E-state index contributed by atoms with van der Waals surface area (Å²) in [7, 11) is 0. The average Bonchev–Trinajstić information content (AvgIpc) is 3.12. The highest BCUT2D eigenvalue weighted by molar-refractivity contribution is 6.31. The molecule has 0 unspecified atom stereocenters. The van der Waals surface area contributed by atoms with Gasteiger partial charge in [0.1, 0.15) is 35.6 Å². The minimum absolute atomic E-state index is 0.0138. The predicted octanol–water partition coefficient (Wildman–Crippen LogP) is 3.09. The van der Waals surface area contributed by atoms with Gasteiger partial charge in [0.25, 0.3) is 0 Å². The van der Waals surface area contributed by atoms with E-state index in [1.165, 1.54) is 32.0 Å². The van der Waals surface area contributed by atoms with Crippen molar-refractivity contribution < 1.29 is 59.2 Å². The smallest absolute Gasteiger partial charge is 0.308 e. The molecule has 1 aliphatic carbocycles. The van der Waals surface area contributed by atoms with Crippen LogP contribution in [0.15, 0.2) is 66.7 Å². The molecule has 0 bridgehead atoms. The van der Waals surface area contributed by atoms with Crippen molar-refractivity contribution >= 4 is 29.7 Å². The lowest BCUT2D eigenvalue weighted by Gasteiger charge is -2.39. The summed E-state index contributed by atoms with van der Waals surface area (Å²) in [6.07, 6.45) is -3.70. The summed E-state index contributed by atoms with van der Waals surface area (Å²) in [6, 6.07) is 18.1. The van der Waals surface area contributed by atoms with Gasteiger partial charge in [-0.2, -0.15) is 0 Å². The topological polar surface area (TPSA) is 200 Å². The van der Waals surface area contributed by atoms with E-state index in [-0.39, 0.29) is 64.5 Å². The van der Waals surface area contributed by atoms with Crippen molar-refractivity contribution in [1.29, 1.82) is 0 Å². The van der Waals surface area contributed by atoms with Gasteiger partial charge in [0.15, 0.2) is 11.6 Å². The van der Waals surface area contributed by atoms with Gasteiger partial charge in [0.2, 0.25) is 6.29 Å². The lowest BCUT2D eigenvalue weighted by molar-refractivity contribution is -0.268. The molecular formula is C40H38O12. The summed E-state index contributed by atoms with van der Waals surface area (Å²) in [5, 5.41) is 62.4. The Kier molecular flexibility index (Phi) is 10.7. The largest absolute Gasteiger partial charge is 0.507 e. The standard InChI is InChI=1S/C40H38O12/c1-20-34(44)38(48)39(49)40(50-20)52-31-18-29-33(36(46)28(31)17-24-7-4-8-25(16-24)19-42)35(45)27-11-12-30(51-21(2)43)26(32(27)37(29)47)10-9-22-5-3-6-23(15-22)13-14-41/h3-12,15-16,18,20,34,38-42,44,46,48-49H,13-14,17,19H2,1-2H3/b10-9+/t20-,34+,38+,39+,40+/m0/s1. The fourth-order valence-electron chi connectivity index (χ4n) is 6.52. The van der Waals surface area contributed by atoms with E-state index in [4.69, 9.17) is 14.2 Å². The molecule has 4 aromatic carbocycles. The van der Waals surface area contributed by atoms with Crippen LogP contribution in [0.25, 0.3) is 12.2 Å². The van der Waals surface area contributed by atoms with Gasteiger partial charge in [0, 0.05) is 47.8 Å². The Morgan fingerprint density at radius 1 is 0.808 bits per heavy atom. The Labute approximate surface area is 298 Å². The second-order valence-corrected chi connectivity index (χ2v) is 12.8. The molecule has 12 nitrogen and oxygen atoms in total. The molecule has 6 rings (SSSR count). The molecule has 0 saturated carbocycles. The highest BCUT2D eigenvalue weighted by atomic mass is 16.7. The zero-order valence-electron chi connectivity index (χ0n) is 28.4. The van der Waals surface area contributed by atoms with E-state index in [0.717, 1.165) is 5.56 Å². The first-order valence-electron chi connectivity index (χ1n) is 16.7. The lowest BCUT2D eigenvalue weighted by Crippen LogP contribution is -2.58. The van der Waals surface area contributed by atoms with Crippen molar-refractivity contribution in [1.82, 2.24) is 0 Å². The highest BCUT2D eigenvalue weighted by Gasteiger charge is 2.44. The van der Waals surface area contributed by atoms with E-state index in [0.29, 0.717) is 23.1 Å². The molecule has 1 fully saturated rings. The number of ether oxygens (including phenoxy) is 3.